The molecular weight excluding hydrogens is 330 g/mol. The van der Waals surface area contributed by atoms with Crippen LogP contribution >= 0.6 is 0 Å². The summed E-state index contributed by atoms with van der Waals surface area (Å²) < 4.78 is 76.9. The summed E-state index contributed by atoms with van der Waals surface area (Å²) in [6.07, 6.45) is -15.3. The molecule has 0 spiro atoms. The predicted molar refractivity (Wildman–Crippen MR) is 66.9 cm³/mol. The Kier molecular flexibility index (Phi) is 5.13. The van der Waals surface area contributed by atoms with Crippen LogP contribution in [0.2, 0.25) is 0 Å². The van der Waals surface area contributed by atoms with Gasteiger partial charge in [-0.1, -0.05) is 29.8 Å². The Morgan fingerprint density at radius 1 is 0.957 bits per heavy atom. The number of carbonyl (C=O) groups is 2. The lowest BCUT2D eigenvalue weighted by Crippen LogP contribution is -2.55. The molecule has 0 fully saturated rings. The lowest BCUT2D eigenvalue weighted by molar-refractivity contribution is -0.332. The van der Waals surface area contributed by atoms with Gasteiger partial charge in [-0.05, 0) is 13.3 Å². The minimum atomic E-state index is -6.08. The molecule has 0 amide bonds. The molecule has 0 aromatic heterocycles. The van der Waals surface area contributed by atoms with Crippen molar-refractivity contribution < 1.29 is 41.0 Å². The summed E-state index contributed by atoms with van der Waals surface area (Å²) in [7, 11) is 0. The monoisotopic (exact) mass is 342 g/mol. The number of halogens is 6. The molecule has 0 atom stereocenters. The molecular formula is C14H12F6O3. The Morgan fingerprint density at radius 2 is 1.39 bits per heavy atom. The van der Waals surface area contributed by atoms with Crippen molar-refractivity contribution in [1.82, 2.24) is 0 Å². The van der Waals surface area contributed by atoms with Gasteiger partial charge in [0.1, 0.15) is 0 Å². The molecule has 0 aliphatic carbocycles. The van der Waals surface area contributed by atoms with E-state index in [4.69, 9.17) is 5.11 Å². The Balaban J connectivity index is 3.10. The first-order valence-corrected chi connectivity index (χ1v) is 6.29. The van der Waals surface area contributed by atoms with Crippen molar-refractivity contribution in [2.24, 2.45) is 5.41 Å². The maximum Gasteiger partial charge on any atom is 0.413 e. The number of alkyl halides is 6. The number of Topliss-reactive ketones (excluding diaryl/α,β-unsaturated/α-hetero) is 1. The van der Waals surface area contributed by atoms with Gasteiger partial charge in [0.25, 0.3) is 5.41 Å². The topological polar surface area (TPSA) is 54.4 Å². The zero-order valence-electron chi connectivity index (χ0n) is 11.8. The van der Waals surface area contributed by atoms with Crippen LogP contribution in [0.4, 0.5) is 26.3 Å². The third kappa shape index (κ3) is 3.65. The van der Waals surface area contributed by atoms with Crippen molar-refractivity contribution in [1.29, 1.82) is 0 Å². The normalized spacial score (nSPS) is 13.0. The summed E-state index contributed by atoms with van der Waals surface area (Å²) >= 11 is 0. The number of rotatable bonds is 5. The highest BCUT2D eigenvalue weighted by molar-refractivity contribution is 5.96. The van der Waals surface area contributed by atoms with Gasteiger partial charge in [0.15, 0.2) is 5.78 Å². The largest absolute Gasteiger partial charge is 0.480 e. The average molecular weight is 342 g/mol. The van der Waals surface area contributed by atoms with E-state index >= 15 is 0 Å². The van der Waals surface area contributed by atoms with E-state index in [0.717, 1.165) is 5.56 Å². The number of carboxylic acid groups (broad SMARTS) is 1. The molecule has 0 saturated heterocycles. The zero-order valence-corrected chi connectivity index (χ0v) is 11.8. The second-order valence-corrected chi connectivity index (χ2v) is 5.00. The maximum atomic E-state index is 12.8. The van der Waals surface area contributed by atoms with Gasteiger partial charge in [-0.2, -0.15) is 26.3 Å². The number of hydrogen-bond donors (Lipinski definition) is 1. The minimum absolute atomic E-state index is 0.0840. The number of aryl methyl sites for hydroxylation is 1. The molecule has 3 nitrogen and oxygen atoms in total. The van der Waals surface area contributed by atoms with Crippen LogP contribution in [-0.2, 0) is 4.79 Å². The predicted octanol–water partition coefficient (Wildman–Crippen LogP) is 4.15. The van der Waals surface area contributed by atoms with Gasteiger partial charge in [0.05, 0.1) is 0 Å². The Bertz CT molecular complexity index is 572. The average Bonchev–Trinajstić information content (AvgIpc) is 2.36. The number of aliphatic carboxylic acids is 1. The Labute approximate surface area is 126 Å². The summed E-state index contributed by atoms with van der Waals surface area (Å²) in [5.74, 6) is -4.07. The van der Waals surface area contributed by atoms with Crippen LogP contribution < -0.4 is 0 Å². The number of carbonyl (C=O) groups excluding carboxylic acids is 1. The first-order chi connectivity index (χ1) is 10.3. The fraction of sp³-hybridized carbons (Fsp3) is 0.429. The molecule has 1 N–H and O–H groups in total. The number of carboxylic acids is 1. The van der Waals surface area contributed by atoms with Crippen LogP contribution in [0.15, 0.2) is 24.3 Å². The van der Waals surface area contributed by atoms with Crippen molar-refractivity contribution in [3.05, 3.63) is 35.4 Å². The molecule has 0 aliphatic rings. The maximum absolute atomic E-state index is 12.8. The van der Waals surface area contributed by atoms with E-state index in [0.29, 0.717) is 0 Å². The quantitative estimate of drug-likeness (QED) is 0.646. The first kappa shape index (κ1) is 19.0. The SMILES string of the molecule is Cc1ccc(C(=O)CCC(C(=O)O)(C(F)(F)F)C(F)(F)F)cc1. The number of hydrogen-bond acceptors (Lipinski definition) is 2. The van der Waals surface area contributed by atoms with Crippen LogP contribution in [0.3, 0.4) is 0 Å². The van der Waals surface area contributed by atoms with Crippen molar-refractivity contribution in [2.45, 2.75) is 32.1 Å². The lowest BCUT2D eigenvalue weighted by Gasteiger charge is -2.33. The second-order valence-electron chi connectivity index (χ2n) is 5.00. The zero-order chi connectivity index (χ0) is 18.1. The highest BCUT2D eigenvalue weighted by Gasteiger charge is 2.75. The van der Waals surface area contributed by atoms with E-state index in [2.05, 4.69) is 0 Å². The molecule has 0 aliphatic heterocycles. The van der Waals surface area contributed by atoms with Crippen LogP contribution in [0, 0.1) is 12.3 Å². The van der Waals surface area contributed by atoms with Gasteiger partial charge in [0, 0.05) is 12.0 Å². The second kappa shape index (κ2) is 6.21. The van der Waals surface area contributed by atoms with Crippen LogP contribution in [0.25, 0.3) is 0 Å². The van der Waals surface area contributed by atoms with Crippen molar-refractivity contribution in [3.8, 4) is 0 Å². The standard InChI is InChI=1S/C14H12F6O3/c1-8-2-4-9(5-3-8)10(21)6-7-12(11(22)23,13(15,16)17)14(18,19)20/h2-5H,6-7H2,1H3,(H,22,23). The molecule has 9 heteroatoms. The molecule has 0 saturated carbocycles. The smallest absolute Gasteiger partial charge is 0.413 e. The van der Waals surface area contributed by atoms with E-state index in [1.807, 2.05) is 0 Å². The van der Waals surface area contributed by atoms with Crippen molar-refractivity contribution >= 4 is 11.8 Å². The number of benzene rings is 1. The molecule has 1 aromatic carbocycles. The van der Waals surface area contributed by atoms with Crippen LogP contribution in [0.5, 0.6) is 0 Å². The van der Waals surface area contributed by atoms with Crippen molar-refractivity contribution in [3.63, 3.8) is 0 Å². The third-order valence-corrected chi connectivity index (χ3v) is 3.43. The van der Waals surface area contributed by atoms with Gasteiger partial charge in [-0.3, -0.25) is 9.59 Å². The first-order valence-electron chi connectivity index (χ1n) is 6.29. The van der Waals surface area contributed by atoms with E-state index in [1.165, 1.54) is 24.3 Å². The van der Waals surface area contributed by atoms with Gasteiger partial charge < -0.3 is 5.11 Å². The molecule has 128 valence electrons. The molecule has 1 aromatic rings. The molecule has 0 radical (unpaired) electrons. The fourth-order valence-corrected chi connectivity index (χ4v) is 1.98. The van der Waals surface area contributed by atoms with Crippen molar-refractivity contribution in [2.75, 3.05) is 0 Å². The minimum Gasteiger partial charge on any atom is -0.480 e. The van der Waals surface area contributed by atoms with E-state index in [1.54, 1.807) is 6.92 Å². The number of ketones is 1. The van der Waals surface area contributed by atoms with E-state index in [-0.39, 0.29) is 5.56 Å². The lowest BCUT2D eigenvalue weighted by atomic mass is 9.80. The van der Waals surface area contributed by atoms with Crippen LogP contribution in [-0.4, -0.2) is 29.2 Å². The van der Waals surface area contributed by atoms with Gasteiger partial charge in [-0.25, -0.2) is 0 Å². The summed E-state index contributed by atoms with van der Waals surface area (Å²) in [4.78, 5) is 22.5. The Hall–Kier alpha value is -2.06. The van der Waals surface area contributed by atoms with Gasteiger partial charge in [0.2, 0.25) is 0 Å². The molecule has 0 unspecified atom stereocenters. The third-order valence-electron chi connectivity index (χ3n) is 3.43. The summed E-state index contributed by atoms with van der Waals surface area (Å²) in [5, 5.41) is 8.56. The summed E-state index contributed by atoms with van der Waals surface area (Å²) in [6, 6.07) is 5.43. The molecule has 0 heterocycles. The Morgan fingerprint density at radius 3 is 1.74 bits per heavy atom. The van der Waals surface area contributed by atoms with Gasteiger partial charge >= 0.3 is 18.3 Å². The highest BCUT2D eigenvalue weighted by atomic mass is 19.4. The van der Waals surface area contributed by atoms with E-state index < -0.39 is 42.4 Å². The fourth-order valence-electron chi connectivity index (χ4n) is 1.98. The highest BCUT2D eigenvalue weighted by Crippen LogP contribution is 2.53. The molecule has 0 bridgehead atoms. The summed E-state index contributed by atoms with van der Waals surface area (Å²) in [6.45, 7) is 1.68. The van der Waals surface area contributed by atoms with E-state index in [9.17, 15) is 35.9 Å². The van der Waals surface area contributed by atoms with Gasteiger partial charge in [-0.15, -0.1) is 0 Å². The summed E-state index contributed by atoms with van der Waals surface area (Å²) in [5.41, 5.74) is -4.31. The molecule has 23 heavy (non-hydrogen) atoms. The van der Waals surface area contributed by atoms with Crippen LogP contribution in [0.1, 0.15) is 28.8 Å². The molecule has 1 rings (SSSR count).